The number of hydrogen-bond acceptors (Lipinski definition) is 4. The van der Waals surface area contributed by atoms with Crippen LogP contribution in [0.15, 0.2) is 53.5 Å². The molecule has 0 heterocycles. The standard InChI is InChI=1S/C21H29N3O3S.HI/c1-16-6-5-7-20(12-16)27-17(2)13-23-21(22-3)24-14-18-8-10-19(11-9-18)15-28(4,25)26;/h5-12,17H,13-15H2,1-4H3,(H2,22,23,24);1H. The molecular weight excluding hydrogens is 501 g/mol. The van der Waals surface area contributed by atoms with Gasteiger partial charge in [-0.15, -0.1) is 24.0 Å². The predicted octanol–water partition coefficient (Wildman–Crippen LogP) is 3.29. The van der Waals surface area contributed by atoms with Crippen LogP contribution in [0.25, 0.3) is 0 Å². The number of halogens is 1. The maximum absolute atomic E-state index is 11.4. The van der Waals surface area contributed by atoms with Crippen molar-refractivity contribution in [1.82, 2.24) is 10.6 Å². The second kappa shape index (κ2) is 12.0. The van der Waals surface area contributed by atoms with Crippen molar-refractivity contribution in [3.05, 3.63) is 65.2 Å². The van der Waals surface area contributed by atoms with Crippen LogP contribution < -0.4 is 15.4 Å². The zero-order valence-corrected chi connectivity index (χ0v) is 20.5. The van der Waals surface area contributed by atoms with Crippen LogP contribution in [0.2, 0.25) is 0 Å². The van der Waals surface area contributed by atoms with Crippen LogP contribution >= 0.6 is 24.0 Å². The number of sulfone groups is 1. The molecule has 2 N–H and O–H groups in total. The summed E-state index contributed by atoms with van der Waals surface area (Å²) in [7, 11) is -1.30. The number of aryl methyl sites for hydroxylation is 1. The van der Waals surface area contributed by atoms with Crippen molar-refractivity contribution in [2.75, 3.05) is 19.8 Å². The number of aliphatic imine (C=N–C) groups is 1. The van der Waals surface area contributed by atoms with E-state index in [4.69, 9.17) is 4.74 Å². The molecule has 0 bridgehead atoms. The van der Waals surface area contributed by atoms with Crippen LogP contribution in [0.5, 0.6) is 5.75 Å². The lowest BCUT2D eigenvalue weighted by molar-refractivity contribution is 0.223. The van der Waals surface area contributed by atoms with E-state index in [9.17, 15) is 8.42 Å². The third kappa shape index (κ3) is 9.98. The number of nitrogens with zero attached hydrogens (tertiary/aromatic N) is 1. The van der Waals surface area contributed by atoms with Gasteiger partial charge in [-0.2, -0.15) is 0 Å². The van der Waals surface area contributed by atoms with Crippen LogP contribution in [0.1, 0.15) is 23.6 Å². The molecule has 29 heavy (non-hydrogen) atoms. The van der Waals surface area contributed by atoms with Gasteiger partial charge in [-0.3, -0.25) is 4.99 Å². The number of ether oxygens (including phenoxy) is 1. The first-order chi connectivity index (χ1) is 13.2. The van der Waals surface area contributed by atoms with E-state index in [2.05, 4.69) is 15.6 Å². The monoisotopic (exact) mass is 531 g/mol. The van der Waals surface area contributed by atoms with Crippen LogP contribution in [0.4, 0.5) is 0 Å². The van der Waals surface area contributed by atoms with Crippen molar-refractivity contribution in [3.8, 4) is 5.75 Å². The molecule has 0 aliphatic carbocycles. The molecular formula is C21H30IN3O3S. The number of rotatable bonds is 8. The molecule has 0 amide bonds. The van der Waals surface area contributed by atoms with Gasteiger partial charge in [0, 0.05) is 19.8 Å². The van der Waals surface area contributed by atoms with Gasteiger partial charge in [-0.1, -0.05) is 36.4 Å². The summed E-state index contributed by atoms with van der Waals surface area (Å²) < 4.78 is 28.6. The summed E-state index contributed by atoms with van der Waals surface area (Å²) >= 11 is 0. The van der Waals surface area contributed by atoms with Gasteiger partial charge in [0.05, 0.1) is 12.3 Å². The van der Waals surface area contributed by atoms with Crippen molar-refractivity contribution in [2.45, 2.75) is 32.2 Å². The summed E-state index contributed by atoms with van der Waals surface area (Å²) in [5, 5.41) is 6.50. The SMILES string of the molecule is CN=C(NCc1ccc(CS(C)(=O)=O)cc1)NCC(C)Oc1cccc(C)c1.I. The van der Waals surface area contributed by atoms with Crippen molar-refractivity contribution in [3.63, 3.8) is 0 Å². The minimum Gasteiger partial charge on any atom is -0.489 e. The third-order valence-corrected chi connectivity index (χ3v) is 4.88. The van der Waals surface area contributed by atoms with Crippen LogP contribution in [0.3, 0.4) is 0 Å². The molecule has 0 spiro atoms. The molecule has 0 radical (unpaired) electrons. The fourth-order valence-corrected chi connectivity index (χ4v) is 3.46. The van der Waals surface area contributed by atoms with E-state index in [1.807, 2.05) is 62.4 Å². The highest BCUT2D eigenvalue weighted by Crippen LogP contribution is 2.14. The Balaban J connectivity index is 0.00000420. The van der Waals surface area contributed by atoms with E-state index in [0.29, 0.717) is 19.0 Å². The third-order valence-electron chi connectivity index (χ3n) is 4.02. The normalized spacial score (nSPS) is 12.6. The first-order valence-corrected chi connectivity index (χ1v) is 11.2. The van der Waals surface area contributed by atoms with Crippen LogP contribution in [0, 0.1) is 6.92 Å². The number of hydrogen-bond donors (Lipinski definition) is 2. The first-order valence-electron chi connectivity index (χ1n) is 9.18. The number of benzene rings is 2. The Morgan fingerprint density at radius 1 is 1.10 bits per heavy atom. The Labute approximate surface area is 191 Å². The summed E-state index contributed by atoms with van der Waals surface area (Å²) in [5.74, 6) is 1.59. The average Bonchev–Trinajstić information content (AvgIpc) is 2.62. The van der Waals surface area contributed by atoms with E-state index in [1.165, 1.54) is 6.26 Å². The van der Waals surface area contributed by atoms with Gasteiger partial charge in [0.15, 0.2) is 15.8 Å². The van der Waals surface area contributed by atoms with Crippen molar-refractivity contribution in [1.29, 1.82) is 0 Å². The fourth-order valence-electron chi connectivity index (χ4n) is 2.67. The van der Waals surface area contributed by atoms with E-state index in [0.717, 1.165) is 22.4 Å². The Morgan fingerprint density at radius 2 is 1.76 bits per heavy atom. The summed E-state index contributed by atoms with van der Waals surface area (Å²) in [4.78, 5) is 4.22. The molecule has 160 valence electrons. The van der Waals surface area contributed by atoms with E-state index in [1.54, 1.807) is 7.05 Å². The second-order valence-electron chi connectivity index (χ2n) is 6.94. The van der Waals surface area contributed by atoms with Crippen molar-refractivity contribution in [2.24, 2.45) is 4.99 Å². The Kier molecular flexibility index (Phi) is 10.5. The van der Waals surface area contributed by atoms with Gasteiger partial charge in [0.2, 0.25) is 0 Å². The van der Waals surface area contributed by atoms with Gasteiger partial charge in [-0.25, -0.2) is 8.42 Å². The predicted molar refractivity (Wildman–Crippen MR) is 130 cm³/mol. The minimum absolute atomic E-state index is 0. The molecule has 2 rings (SSSR count). The van der Waals surface area contributed by atoms with Crippen LogP contribution in [-0.4, -0.2) is 40.3 Å². The van der Waals surface area contributed by atoms with Gasteiger partial charge < -0.3 is 15.4 Å². The Bertz CT molecular complexity index is 900. The topological polar surface area (TPSA) is 79.8 Å². The molecule has 0 aliphatic rings. The lowest BCUT2D eigenvalue weighted by Crippen LogP contribution is -2.41. The number of nitrogens with one attached hydrogen (secondary N) is 2. The van der Waals surface area contributed by atoms with E-state index in [-0.39, 0.29) is 35.8 Å². The summed E-state index contributed by atoms with van der Waals surface area (Å²) in [6.45, 7) is 5.24. The Morgan fingerprint density at radius 3 is 2.34 bits per heavy atom. The molecule has 0 saturated heterocycles. The molecule has 1 atom stereocenters. The van der Waals surface area contributed by atoms with E-state index >= 15 is 0 Å². The molecule has 0 aromatic heterocycles. The Hall–Kier alpha value is -1.81. The number of guanidine groups is 1. The minimum atomic E-state index is -3.02. The zero-order valence-electron chi connectivity index (χ0n) is 17.3. The molecule has 0 aliphatic heterocycles. The zero-order chi connectivity index (χ0) is 20.6. The van der Waals surface area contributed by atoms with Gasteiger partial charge >= 0.3 is 0 Å². The highest BCUT2D eigenvalue weighted by molar-refractivity contribution is 14.0. The molecule has 2 aromatic rings. The molecule has 2 aromatic carbocycles. The highest BCUT2D eigenvalue weighted by Gasteiger charge is 2.07. The van der Waals surface area contributed by atoms with Gasteiger partial charge in [0.1, 0.15) is 11.9 Å². The second-order valence-corrected chi connectivity index (χ2v) is 9.08. The average molecular weight is 531 g/mol. The molecule has 1 unspecified atom stereocenters. The van der Waals surface area contributed by atoms with Crippen LogP contribution in [-0.2, 0) is 22.1 Å². The first kappa shape index (κ1) is 25.2. The molecule has 0 fully saturated rings. The summed E-state index contributed by atoms with van der Waals surface area (Å²) in [6, 6.07) is 15.5. The van der Waals surface area contributed by atoms with Crippen molar-refractivity contribution >= 4 is 39.8 Å². The molecule has 6 nitrogen and oxygen atoms in total. The maximum atomic E-state index is 11.4. The largest absolute Gasteiger partial charge is 0.489 e. The maximum Gasteiger partial charge on any atom is 0.191 e. The van der Waals surface area contributed by atoms with Gasteiger partial charge in [-0.05, 0) is 42.7 Å². The van der Waals surface area contributed by atoms with Gasteiger partial charge in [0.25, 0.3) is 0 Å². The lowest BCUT2D eigenvalue weighted by atomic mass is 10.1. The lowest BCUT2D eigenvalue weighted by Gasteiger charge is -2.18. The smallest absolute Gasteiger partial charge is 0.191 e. The van der Waals surface area contributed by atoms with E-state index < -0.39 is 9.84 Å². The summed E-state index contributed by atoms with van der Waals surface area (Å²) in [6.07, 6.45) is 1.22. The quantitative estimate of drug-likeness (QED) is 0.311. The summed E-state index contributed by atoms with van der Waals surface area (Å²) in [5.41, 5.74) is 3.00. The highest BCUT2D eigenvalue weighted by atomic mass is 127. The molecule has 8 heteroatoms. The molecule has 0 saturated carbocycles. The fraction of sp³-hybridized carbons (Fsp3) is 0.381. The van der Waals surface area contributed by atoms with Crippen molar-refractivity contribution < 1.29 is 13.2 Å².